The predicted molar refractivity (Wildman–Crippen MR) is 86.0 cm³/mol. The zero-order chi connectivity index (χ0) is 16.3. The van der Waals surface area contributed by atoms with Crippen LogP contribution >= 0.6 is 0 Å². The molecule has 1 aliphatic heterocycles. The number of aromatic nitrogens is 1. The summed E-state index contributed by atoms with van der Waals surface area (Å²) in [5, 5.41) is 23.7. The van der Waals surface area contributed by atoms with Crippen LogP contribution in [0.4, 0.5) is 0 Å². The Morgan fingerprint density at radius 2 is 2.13 bits per heavy atom. The average Bonchev–Trinajstić information content (AvgIpc) is 2.90. The molecule has 0 spiro atoms. The maximum atomic E-state index is 12.1. The molecular weight excluding hydrogens is 294 g/mol. The molecule has 1 saturated heterocycles. The van der Waals surface area contributed by atoms with Crippen LogP contribution in [0.1, 0.15) is 42.6 Å². The molecule has 0 radical (unpaired) electrons. The Balaban J connectivity index is 1.57. The minimum absolute atomic E-state index is 0.0345. The van der Waals surface area contributed by atoms with E-state index in [1.807, 2.05) is 0 Å². The van der Waals surface area contributed by atoms with Gasteiger partial charge in [-0.3, -0.25) is 14.7 Å². The number of pyridine rings is 1. The number of likely N-dealkylation sites (tertiary alicyclic amines) is 1. The van der Waals surface area contributed by atoms with Gasteiger partial charge in [-0.05, 0) is 25.0 Å². The van der Waals surface area contributed by atoms with E-state index in [9.17, 15) is 15.0 Å². The molecule has 1 amide bonds. The second kappa shape index (κ2) is 6.95. The van der Waals surface area contributed by atoms with Crippen LogP contribution in [-0.2, 0) is 0 Å². The van der Waals surface area contributed by atoms with Crippen molar-refractivity contribution < 1.29 is 15.0 Å². The van der Waals surface area contributed by atoms with Gasteiger partial charge in [-0.1, -0.05) is 25.3 Å². The number of aliphatic hydroxyl groups excluding tert-OH is 1. The molecule has 6 heteroatoms. The van der Waals surface area contributed by atoms with Crippen molar-refractivity contribution in [3.63, 3.8) is 0 Å². The summed E-state index contributed by atoms with van der Waals surface area (Å²) in [6, 6.07) is 5.55. The summed E-state index contributed by atoms with van der Waals surface area (Å²) in [4.78, 5) is 18.2. The van der Waals surface area contributed by atoms with Crippen LogP contribution in [0, 0.1) is 0 Å². The van der Waals surface area contributed by atoms with E-state index in [1.165, 1.54) is 19.3 Å². The smallest absolute Gasteiger partial charge is 0.269 e. The van der Waals surface area contributed by atoms with E-state index in [0.29, 0.717) is 24.8 Å². The lowest BCUT2D eigenvalue weighted by molar-refractivity contribution is -0.0382. The van der Waals surface area contributed by atoms with Gasteiger partial charge in [0.2, 0.25) is 0 Å². The number of β-amino-alcohol motifs (C(OH)–C–C–N with tert-alkyl or cyclic N) is 2. The highest BCUT2D eigenvalue weighted by molar-refractivity contribution is 5.92. The molecule has 3 rings (SSSR count). The maximum absolute atomic E-state index is 12.1. The quantitative estimate of drug-likeness (QED) is 0.755. The highest BCUT2D eigenvalue weighted by Gasteiger charge is 2.46. The SMILES string of the molecule is O=C(NC[C@]1(O)CN(C2CCCCC2)C[C@H]1O)c1ccccn1. The van der Waals surface area contributed by atoms with Gasteiger partial charge in [-0.25, -0.2) is 0 Å². The van der Waals surface area contributed by atoms with Gasteiger partial charge >= 0.3 is 0 Å². The topological polar surface area (TPSA) is 85.7 Å². The number of nitrogens with zero attached hydrogens (tertiary/aromatic N) is 2. The van der Waals surface area contributed by atoms with Crippen molar-refractivity contribution in [1.82, 2.24) is 15.2 Å². The minimum Gasteiger partial charge on any atom is -0.389 e. The third-order valence-corrected chi connectivity index (χ3v) is 5.05. The van der Waals surface area contributed by atoms with Gasteiger partial charge in [0, 0.05) is 25.3 Å². The summed E-state index contributed by atoms with van der Waals surface area (Å²) < 4.78 is 0. The van der Waals surface area contributed by atoms with Crippen molar-refractivity contribution in [1.29, 1.82) is 0 Å². The molecule has 2 heterocycles. The number of carbonyl (C=O) groups is 1. The molecule has 0 unspecified atom stereocenters. The number of hydrogen-bond donors (Lipinski definition) is 3. The zero-order valence-corrected chi connectivity index (χ0v) is 13.3. The Labute approximate surface area is 136 Å². The van der Waals surface area contributed by atoms with Gasteiger partial charge in [-0.2, -0.15) is 0 Å². The fraction of sp³-hybridized carbons (Fsp3) is 0.647. The molecule has 126 valence electrons. The molecule has 2 atom stereocenters. The molecule has 0 aromatic carbocycles. The molecule has 1 aromatic heterocycles. The van der Waals surface area contributed by atoms with Crippen molar-refractivity contribution in [3.05, 3.63) is 30.1 Å². The van der Waals surface area contributed by atoms with E-state index in [0.717, 1.165) is 12.8 Å². The van der Waals surface area contributed by atoms with Crippen molar-refractivity contribution in [2.45, 2.75) is 49.9 Å². The maximum Gasteiger partial charge on any atom is 0.269 e. The second-order valence-electron chi connectivity index (χ2n) is 6.74. The first-order valence-electron chi connectivity index (χ1n) is 8.42. The number of amides is 1. The van der Waals surface area contributed by atoms with Crippen molar-refractivity contribution in [2.75, 3.05) is 19.6 Å². The average molecular weight is 319 g/mol. The van der Waals surface area contributed by atoms with Crippen LogP contribution in [0.25, 0.3) is 0 Å². The molecule has 2 fully saturated rings. The summed E-state index contributed by atoms with van der Waals surface area (Å²) in [5.74, 6) is -0.331. The molecular formula is C17H25N3O3. The van der Waals surface area contributed by atoms with E-state index < -0.39 is 11.7 Å². The van der Waals surface area contributed by atoms with Crippen LogP contribution in [-0.4, -0.2) is 63.4 Å². The molecule has 1 aliphatic carbocycles. The number of carbonyl (C=O) groups excluding carboxylic acids is 1. The van der Waals surface area contributed by atoms with Gasteiger partial charge in [0.15, 0.2) is 0 Å². The number of aliphatic hydroxyl groups is 2. The summed E-state index contributed by atoms with van der Waals surface area (Å²) in [6.07, 6.45) is 6.68. The van der Waals surface area contributed by atoms with E-state index in [-0.39, 0.29) is 12.5 Å². The zero-order valence-electron chi connectivity index (χ0n) is 13.3. The van der Waals surface area contributed by atoms with Crippen molar-refractivity contribution in [3.8, 4) is 0 Å². The summed E-state index contributed by atoms with van der Waals surface area (Å²) in [7, 11) is 0. The third kappa shape index (κ3) is 3.71. The van der Waals surface area contributed by atoms with Gasteiger partial charge in [-0.15, -0.1) is 0 Å². The summed E-state index contributed by atoms with van der Waals surface area (Å²) in [6.45, 7) is 0.911. The second-order valence-corrected chi connectivity index (χ2v) is 6.74. The lowest BCUT2D eigenvalue weighted by Crippen LogP contribution is -2.51. The van der Waals surface area contributed by atoms with Gasteiger partial charge in [0.1, 0.15) is 11.3 Å². The van der Waals surface area contributed by atoms with Gasteiger partial charge in [0.05, 0.1) is 12.6 Å². The molecule has 23 heavy (non-hydrogen) atoms. The highest BCUT2D eigenvalue weighted by Crippen LogP contribution is 2.29. The molecule has 0 bridgehead atoms. The Kier molecular flexibility index (Phi) is 4.94. The van der Waals surface area contributed by atoms with Crippen LogP contribution in [0.15, 0.2) is 24.4 Å². The van der Waals surface area contributed by atoms with E-state index in [4.69, 9.17) is 0 Å². The lowest BCUT2D eigenvalue weighted by atomic mass is 9.94. The van der Waals surface area contributed by atoms with E-state index in [2.05, 4.69) is 15.2 Å². The lowest BCUT2D eigenvalue weighted by Gasteiger charge is -2.32. The number of hydrogen-bond acceptors (Lipinski definition) is 5. The van der Waals surface area contributed by atoms with Gasteiger partial charge < -0.3 is 15.5 Å². The molecule has 1 aromatic rings. The van der Waals surface area contributed by atoms with Crippen LogP contribution in [0.2, 0.25) is 0 Å². The molecule has 3 N–H and O–H groups in total. The predicted octanol–water partition coefficient (Wildman–Crippen LogP) is 0.552. The highest BCUT2D eigenvalue weighted by atomic mass is 16.3. The Hall–Kier alpha value is -1.50. The van der Waals surface area contributed by atoms with Crippen LogP contribution < -0.4 is 5.32 Å². The molecule has 2 aliphatic rings. The minimum atomic E-state index is -1.29. The van der Waals surface area contributed by atoms with Crippen LogP contribution in [0.5, 0.6) is 0 Å². The summed E-state index contributed by atoms with van der Waals surface area (Å²) in [5.41, 5.74) is -0.977. The third-order valence-electron chi connectivity index (χ3n) is 5.05. The Morgan fingerprint density at radius 1 is 1.35 bits per heavy atom. The van der Waals surface area contributed by atoms with Crippen LogP contribution in [0.3, 0.4) is 0 Å². The van der Waals surface area contributed by atoms with E-state index >= 15 is 0 Å². The monoisotopic (exact) mass is 319 g/mol. The van der Waals surface area contributed by atoms with Crippen molar-refractivity contribution in [2.24, 2.45) is 0 Å². The Morgan fingerprint density at radius 3 is 2.83 bits per heavy atom. The first-order valence-corrected chi connectivity index (χ1v) is 8.42. The standard InChI is InChI=1S/C17H25N3O3/c21-15-10-20(13-6-2-1-3-7-13)12-17(15,23)11-19-16(22)14-8-4-5-9-18-14/h4-5,8-9,13,15,21,23H,1-3,6-7,10-12H2,(H,19,22)/t15-,17+/m1/s1. The number of rotatable bonds is 4. The summed E-state index contributed by atoms with van der Waals surface area (Å²) >= 11 is 0. The number of nitrogens with one attached hydrogen (secondary N) is 1. The normalized spacial score (nSPS) is 29.6. The fourth-order valence-electron chi connectivity index (χ4n) is 3.63. The van der Waals surface area contributed by atoms with Gasteiger partial charge in [0.25, 0.3) is 5.91 Å². The molecule has 6 nitrogen and oxygen atoms in total. The van der Waals surface area contributed by atoms with E-state index in [1.54, 1.807) is 24.4 Å². The molecule has 1 saturated carbocycles. The fourth-order valence-corrected chi connectivity index (χ4v) is 3.63. The first kappa shape index (κ1) is 16.4. The Bertz CT molecular complexity index is 533. The largest absolute Gasteiger partial charge is 0.389 e. The van der Waals surface area contributed by atoms with Crippen molar-refractivity contribution >= 4 is 5.91 Å². The first-order chi connectivity index (χ1) is 11.1.